The minimum Gasteiger partial charge on any atom is -0.466 e. The highest BCUT2D eigenvalue weighted by Gasteiger charge is 2.42. The first kappa shape index (κ1) is 8.97. The monoisotopic (exact) mass is 244 g/mol. The van der Waals surface area contributed by atoms with Crippen molar-refractivity contribution in [1.29, 1.82) is 0 Å². The Bertz CT molecular complexity index is 330. The first-order chi connectivity index (χ1) is 6.15. The smallest absolute Gasteiger partial charge is 0.337 e. The molecule has 0 fully saturated rings. The molecule has 13 heavy (non-hydrogen) atoms. The summed E-state index contributed by atoms with van der Waals surface area (Å²) in [6, 6.07) is 0. The molecule has 70 valence electrons. The number of methoxy groups -OCH3 is 1. The van der Waals surface area contributed by atoms with Crippen molar-refractivity contribution < 1.29 is 14.3 Å². The van der Waals surface area contributed by atoms with Gasteiger partial charge in [0.25, 0.3) is 0 Å². The molecule has 0 aromatic heterocycles. The van der Waals surface area contributed by atoms with Crippen molar-refractivity contribution in [2.45, 2.75) is 19.1 Å². The summed E-state index contributed by atoms with van der Waals surface area (Å²) >= 11 is 3.36. The van der Waals surface area contributed by atoms with E-state index in [0.717, 1.165) is 10.1 Å². The van der Waals surface area contributed by atoms with Gasteiger partial charge in [-0.25, -0.2) is 4.79 Å². The number of hydrogen-bond acceptors (Lipinski definition) is 3. The fraction of sp³-hybridized carbons (Fsp3) is 0.444. The van der Waals surface area contributed by atoms with Crippen molar-refractivity contribution in [3.63, 3.8) is 0 Å². The number of carbonyl (C=O) groups is 1. The summed E-state index contributed by atoms with van der Waals surface area (Å²) in [6.07, 6.45) is 1.66. The molecule has 2 aliphatic heterocycles. The maximum atomic E-state index is 11.3. The number of fused-ring (bicyclic) bond motifs is 2. The lowest BCUT2D eigenvalue weighted by Gasteiger charge is -2.08. The summed E-state index contributed by atoms with van der Waals surface area (Å²) in [7, 11) is 1.37. The summed E-state index contributed by atoms with van der Waals surface area (Å²) in [4.78, 5) is 11.3. The Morgan fingerprint density at radius 1 is 1.69 bits per heavy atom. The van der Waals surface area contributed by atoms with Crippen molar-refractivity contribution >= 4 is 21.9 Å². The fourth-order valence-corrected chi connectivity index (χ4v) is 2.49. The van der Waals surface area contributed by atoms with E-state index in [0.29, 0.717) is 5.57 Å². The van der Waals surface area contributed by atoms with E-state index in [1.165, 1.54) is 7.11 Å². The van der Waals surface area contributed by atoms with Crippen LogP contribution in [-0.2, 0) is 14.3 Å². The maximum absolute atomic E-state index is 11.3. The second-order valence-corrected chi connectivity index (χ2v) is 3.95. The minimum absolute atomic E-state index is 0.0703. The van der Waals surface area contributed by atoms with Gasteiger partial charge >= 0.3 is 5.97 Å². The normalized spacial score (nSPS) is 30.8. The molecular formula is C9H9BrO3. The third kappa shape index (κ3) is 1.16. The quantitative estimate of drug-likeness (QED) is 0.519. The highest BCUT2D eigenvalue weighted by Crippen LogP contribution is 2.41. The Hall–Kier alpha value is -0.610. The molecule has 0 amide bonds. The standard InChI is InChI=1S/C9H9BrO3/c1-4-3-5-6(9(11)12-2)7(10)8(4)13-5/h3,5,8H,1-2H3/t5-,8+/m1/s1. The van der Waals surface area contributed by atoms with Crippen LogP contribution in [0.25, 0.3) is 0 Å². The molecule has 0 aromatic carbocycles. The molecule has 4 heteroatoms. The van der Waals surface area contributed by atoms with Crippen LogP contribution in [0.5, 0.6) is 0 Å². The van der Waals surface area contributed by atoms with Crippen LogP contribution < -0.4 is 0 Å². The summed E-state index contributed by atoms with van der Waals surface area (Å²) < 4.78 is 11.0. The van der Waals surface area contributed by atoms with E-state index in [-0.39, 0.29) is 18.2 Å². The summed E-state index contributed by atoms with van der Waals surface area (Å²) in [5.41, 5.74) is 1.74. The molecule has 0 aromatic rings. The largest absolute Gasteiger partial charge is 0.466 e. The van der Waals surface area contributed by atoms with Gasteiger partial charge in [0.15, 0.2) is 0 Å². The van der Waals surface area contributed by atoms with E-state index in [4.69, 9.17) is 4.74 Å². The lowest BCUT2D eigenvalue weighted by molar-refractivity contribution is -0.136. The van der Waals surface area contributed by atoms with Gasteiger partial charge in [-0.15, -0.1) is 0 Å². The van der Waals surface area contributed by atoms with E-state index >= 15 is 0 Å². The molecule has 0 unspecified atom stereocenters. The van der Waals surface area contributed by atoms with Gasteiger partial charge in [-0.2, -0.15) is 0 Å². The fourth-order valence-electron chi connectivity index (χ4n) is 1.63. The second-order valence-electron chi connectivity index (χ2n) is 3.10. The molecule has 0 spiro atoms. The van der Waals surface area contributed by atoms with Gasteiger partial charge < -0.3 is 9.47 Å². The first-order valence-corrected chi connectivity index (χ1v) is 4.76. The van der Waals surface area contributed by atoms with Crippen LogP contribution in [0.15, 0.2) is 21.7 Å². The zero-order chi connectivity index (χ0) is 9.59. The van der Waals surface area contributed by atoms with Crippen LogP contribution in [0.3, 0.4) is 0 Å². The van der Waals surface area contributed by atoms with Crippen molar-refractivity contribution in [1.82, 2.24) is 0 Å². The third-order valence-electron chi connectivity index (χ3n) is 2.29. The van der Waals surface area contributed by atoms with Crippen LogP contribution in [-0.4, -0.2) is 25.3 Å². The average molecular weight is 245 g/mol. The summed E-state index contributed by atoms with van der Waals surface area (Å²) in [5, 5.41) is 0. The number of hydrogen-bond donors (Lipinski definition) is 0. The zero-order valence-electron chi connectivity index (χ0n) is 7.33. The predicted molar refractivity (Wildman–Crippen MR) is 50.4 cm³/mol. The Balaban J connectivity index is 2.33. The number of halogens is 1. The van der Waals surface area contributed by atoms with Crippen LogP contribution in [0.2, 0.25) is 0 Å². The summed E-state index contributed by atoms with van der Waals surface area (Å²) in [5.74, 6) is -0.317. The second kappa shape index (κ2) is 2.96. The molecule has 0 N–H and O–H groups in total. The van der Waals surface area contributed by atoms with Gasteiger partial charge in [-0.1, -0.05) is 15.9 Å². The van der Waals surface area contributed by atoms with E-state index in [2.05, 4.69) is 20.7 Å². The van der Waals surface area contributed by atoms with Gasteiger partial charge in [0.05, 0.1) is 12.7 Å². The Labute approximate surface area is 84.5 Å². The Morgan fingerprint density at radius 3 is 2.85 bits per heavy atom. The van der Waals surface area contributed by atoms with Crippen molar-refractivity contribution in [2.75, 3.05) is 7.11 Å². The Kier molecular flexibility index (Phi) is 2.04. The lowest BCUT2D eigenvalue weighted by atomic mass is 10.0. The van der Waals surface area contributed by atoms with Gasteiger partial charge in [0.1, 0.15) is 12.2 Å². The molecule has 0 radical (unpaired) electrons. The molecule has 0 aliphatic carbocycles. The predicted octanol–water partition coefficient (Wildman–Crippen LogP) is 1.54. The van der Waals surface area contributed by atoms with Gasteiger partial charge in [-0.05, 0) is 18.6 Å². The van der Waals surface area contributed by atoms with Crippen molar-refractivity contribution in [2.24, 2.45) is 0 Å². The number of rotatable bonds is 1. The van der Waals surface area contributed by atoms with Gasteiger partial charge in [-0.3, -0.25) is 0 Å². The van der Waals surface area contributed by atoms with Crippen LogP contribution in [0, 0.1) is 0 Å². The maximum Gasteiger partial charge on any atom is 0.337 e. The molecule has 0 saturated carbocycles. The molecule has 2 heterocycles. The van der Waals surface area contributed by atoms with Crippen LogP contribution >= 0.6 is 15.9 Å². The van der Waals surface area contributed by atoms with Crippen LogP contribution in [0.4, 0.5) is 0 Å². The number of ether oxygens (including phenoxy) is 2. The molecular weight excluding hydrogens is 236 g/mol. The average Bonchev–Trinajstić information content (AvgIpc) is 2.59. The number of esters is 1. The minimum atomic E-state index is -0.317. The molecule has 2 aliphatic rings. The molecule has 0 saturated heterocycles. The van der Waals surface area contributed by atoms with E-state index < -0.39 is 0 Å². The molecule has 2 bridgehead atoms. The van der Waals surface area contributed by atoms with Crippen LogP contribution in [0.1, 0.15) is 6.92 Å². The van der Waals surface area contributed by atoms with Gasteiger partial charge in [0.2, 0.25) is 0 Å². The van der Waals surface area contributed by atoms with E-state index in [1.807, 2.05) is 13.0 Å². The summed E-state index contributed by atoms with van der Waals surface area (Å²) in [6.45, 7) is 1.99. The first-order valence-electron chi connectivity index (χ1n) is 3.96. The van der Waals surface area contributed by atoms with Gasteiger partial charge in [0, 0.05) is 4.48 Å². The molecule has 2 atom stereocenters. The highest BCUT2D eigenvalue weighted by molar-refractivity contribution is 9.11. The molecule has 3 nitrogen and oxygen atoms in total. The molecule has 2 rings (SSSR count). The topological polar surface area (TPSA) is 35.5 Å². The zero-order valence-corrected chi connectivity index (χ0v) is 8.92. The van der Waals surface area contributed by atoms with E-state index in [1.54, 1.807) is 0 Å². The van der Waals surface area contributed by atoms with Crippen molar-refractivity contribution in [3.05, 3.63) is 21.7 Å². The SMILES string of the molecule is COC(=O)C1=C(Br)[C@H]2O[C@@H]1C=C2C. The van der Waals surface area contributed by atoms with Crippen molar-refractivity contribution in [3.8, 4) is 0 Å². The number of carbonyl (C=O) groups excluding carboxylic acids is 1. The Morgan fingerprint density at radius 2 is 2.38 bits per heavy atom. The lowest BCUT2D eigenvalue weighted by Crippen LogP contribution is -2.15. The highest BCUT2D eigenvalue weighted by atomic mass is 79.9. The van der Waals surface area contributed by atoms with E-state index in [9.17, 15) is 4.79 Å². The third-order valence-corrected chi connectivity index (χ3v) is 3.13.